The van der Waals surface area contributed by atoms with E-state index in [-0.39, 0.29) is 11.8 Å². The Labute approximate surface area is 199 Å². The maximum atomic E-state index is 12.1. The van der Waals surface area contributed by atoms with Crippen LogP contribution in [0.4, 0.5) is 0 Å². The van der Waals surface area contributed by atoms with Gasteiger partial charge in [0.2, 0.25) is 5.91 Å². The predicted molar refractivity (Wildman–Crippen MR) is 130 cm³/mol. The highest BCUT2D eigenvalue weighted by molar-refractivity contribution is 7.80. The summed E-state index contributed by atoms with van der Waals surface area (Å²) in [7, 11) is 0. The Bertz CT molecular complexity index is 845. The second kappa shape index (κ2) is 19.6. The summed E-state index contributed by atoms with van der Waals surface area (Å²) in [5, 5.41) is 10.1. The van der Waals surface area contributed by atoms with Gasteiger partial charge in [-0.15, -0.1) is 5.92 Å². The van der Waals surface area contributed by atoms with E-state index in [4.69, 9.17) is 15.0 Å². The molecule has 11 heteroatoms. The minimum absolute atomic E-state index is 0.147. The molecule has 2 N–H and O–H groups in total. The molecule has 0 fully saturated rings. The van der Waals surface area contributed by atoms with Crippen LogP contribution in [0.25, 0.3) is 10.4 Å². The molecule has 0 spiro atoms. The van der Waals surface area contributed by atoms with Gasteiger partial charge in [0.15, 0.2) is 0 Å². The van der Waals surface area contributed by atoms with Crippen molar-refractivity contribution in [2.45, 2.75) is 25.7 Å². The summed E-state index contributed by atoms with van der Waals surface area (Å²) in [5.74, 6) is 6.04. The molecule has 0 radical (unpaired) electrons. The number of hydrazone groups is 1. The van der Waals surface area contributed by atoms with Crippen molar-refractivity contribution in [3.63, 3.8) is 0 Å². The summed E-state index contributed by atoms with van der Waals surface area (Å²) in [6, 6.07) is 6.86. The van der Waals surface area contributed by atoms with E-state index in [2.05, 4.69) is 50.3 Å². The summed E-state index contributed by atoms with van der Waals surface area (Å²) in [6.07, 6.45) is 4.31. The molecule has 1 aromatic carbocycles. The molecule has 1 aromatic rings. The van der Waals surface area contributed by atoms with E-state index in [1.807, 2.05) is 0 Å². The first-order valence-corrected chi connectivity index (χ1v) is 11.2. The molecule has 0 unspecified atom stereocenters. The van der Waals surface area contributed by atoms with Crippen LogP contribution in [0.1, 0.15) is 41.6 Å². The largest absolute Gasteiger partial charge is 0.379 e. The first-order chi connectivity index (χ1) is 16.2. The van der Waals surface area contributed by atoms with Gasteiger partial charge < -0.3 is 14.8 Å². The number of azide groups is 1. The SMILES string of the molecule is [N-]=[N+]=NCCOCCOCCNC(=O)c1ccc(C=NNC(=O)CCCCC#CCS)cc1. The maximum absolute atomic E-state index is 12.1. The summed E-state index contributed by atoms with van der Waals surface area (Å²) >= 11 is 4.01. The number of amides is 2. The van der Waals surface area contributed by atoms with E-state index in [1.165, 1.54) is 6.21 Å². The lowest BCUT2D eigenvalue weighted by atomic mass is 10.1. The van der Waals surface area contributed by atoms with E-state index < -0.39 is 0 Å². The fraction of sp³-hybridized carbons (Fsp3) is 0.500. The van der Waals surface area contributed by atoms with E-state index in [0.717, 1.165) is 24.8 Å². The number of carbonyl (C=O) groups excluding carboxylic acids is 2. The van der Waals surface area contributed by atoms with Crippen LogP contribution in [0.5, 0.6) is 0 Å². The molecule has 0 heterocycles. The van der Waals surface area contributed by atoms with Crippen LogP contribution in [0.3, 0.4) is 0 Å². The molecule has 33 heavy (non-hydrogen) atoms. The maximum Gasteiger partial charge on any atom is 0.251 e. The Balaban J connectivity index is 2.17. The molecule has 0 saturated carbocycles. The van der Waals surface area contributed by atoms with Crippen molar-refractivity contribution in [1.82, 2.24) is 10.7 Å². The van der Waals surface area contributed by atoms with Crippen LogP contribution in [0.15, 0.2) is 34.5 Å². The van der Waals surface area contributed by atoms with Crippen LogP contribution in [0.2, 0.25) is 0 Å². The molecule has 0 aliphatic rings. The zero-order valence-corrected chi connectivity index (χ0v) is 19.4. The second-order valence-corrected chi connectivity index (χ2v) is 6.89. The quantitative estimate of drug-likeness (QED) is 0.0496. The predicted octanol–water partition coefficient (Wildman–Crippen LogP) is 2.70. The van der Waals surface area contributed by atoms with Gasteiger partial charge in [-0.3, -0.25) is 9.59 Å². The van der Waals surface area contributed by atoms with Crippen LogP contribution in [-0.2, 0) is 14.3 Å². The van der Waals surface area contributed by atoms with Gasteiger partial charge in [-0.25, -0.2) is 5.43 Å². The molecular formula is C22H30N6O4S. The summed E-state index contributed by atoms with van der Waals surface area (Å²) < 4.78 is 10.6. The molecule has 1 rings (SSSR count). The topological polar surface area (TPSA) is 138 Å². The number of unbranched alkanes of at least 4 members (excludes halogenated alkanes) is 2. The van der Waals surface area contributed by atoms with Gasteiger partial charge in [0.05, 0.1) is 38.4 Å². The first-order valence-electron chi connectivity index (χ1n) is 10.6. The highest BCUT2D eigenvalue weighted by atomic mass is 32.1. The van der Waals surface area contributed by atoms with Crippen LogP contribution >= 0.6 is 12.6 Å². The Hall–Kier alpha value is -3.03. The van der Waals surface area contributed by atoms with E-state index in [0.29, 0.717) is 57.3 Å². The van der Waals surface area contributed by atoms with Gasteiger partial charge in [0, 0.05) is 36.4 Å². The summed E-state index contributed by atoms with van der Waals surface area (Å²) in [6.45, 7) is 2.16. The molecule has 10 nitrogen and oxygen atoms in total. The van der Waals surface area contributed by atoms with Crippen LogP contribution < -0.4 is 10.7 Å². The highest BCUT2D eigenvalue weighted by Gasteiger charge is 2.04. The average molecular weight is 475 g/mol. The van der Waals surface area contributed by atoms with Gasteiger partial charge in [-0.2, -0.15) is 17.7 Å². The molecule has 0 aliphatic heterocycles. The minimum atomic E-state index is -0.208. The molecule has 2 amide bonds. The molecule has 0 saturated heterocycles. The fourth-order valence-corrected chi connectivity index (χ4v) is 2.52. The fourth-order valence-electron chi connectivity index (χ4n) is 2.41. The van der Waals surface area contributed by atoms with Crippen LogP contribution in [0, 0.1) is 11.8 Å². The summed E-state index contributed by atoms with van der Waals surface area (Å²) in [5.41, 5.74) is 11.9. The lowest BCUT2D eigenvalue weighted by Crippen LogP contribution is -2.27. The van der Waals surface area contributed by atoms with Crippen molar-refractivity contribution in [1.29, 1.82) is 0 Å². The van der Waals surface area contributed by atoms with Gasteiger partial charge >= 0.3 is 0 Å². The average Bonchev–Trinajstić information content (AvgIpc) is 2.83. The number of thiol groups is 1. The monoisotopic (exact) mass is 474 g/mol. The van der Waals surface area contributed by atoms with Crippen molar-refractivity contribution in [2.24, 2.45) is 10.2 Å². The third kappa shape index (κ3) is 15.4. The Morgan fingerprint density at radius 2 is 1.85 bits per heavy atom. The zero-order chi connectivity index (χ0) is 24.0. The van der Waals surface area contributed by atoms with E-state index in [9.17, 15) is 9.59 Å². The number of carbonyl (C=O) groups is 2. The number of ether oxygens (including phenoxy) is 2. The number of benzene rings is 1. The normalized spacial score (nSPS) is 10.2. The van der Waals surface area contributed by atoms with Gasteiger partial charge in [0.25, 0.3) is 5.91 Å². The number of hydrogen-bond donors (Lipinski definition) is 3. The number of nitrogens with one attached hydrogen (secondary N) is 2. The Kier molecular flexibility index (Phi) is 16.7. The smallest absolute Gasteiger partial charge is 0.251 e. The van der Waals surface area contributed by atoms with Crippen molar-refractivity contribution in [3.05, 3.63) is 45.8 Å². The lowest BCUT2D eigenvalue weighted by Gasteiger charge is -2.07. The van der Waals surface area contributed by atoms with Crippen molar-refractivity contribution in [3.8, 4) is 11.8 Å². The highest BCUT2D eigenvalue weighted by Crippen LogP contribution is 2.03. The molecule has 178 valence electrons. The molecule has 0 atom stereocenters. The third-order valence-electron chi connectivity index (χ3n) is 4.04. The second-order valence-electron chi connectivity index (χ2n) is 6.57. The molecule has 0 bridgehead atoms. The summed E-state index contributed by atoms with van der Waals surface area (Å²) in [4.78, 5) is 26.5. The van der Waals surface area contributed by atoms with Crippen molar-refractivity contribution < 1.29 is 19.1 Å². The zero-order valence-electron chi connectivity index (χ0n) is 18.5. The first kappa shape index (κ1) is 28.0. The van der Waals surface area contributed by atoms with E-state index in [1.54, 1.807) is 24.3 Å². The van der Waals surface area contributed by atoms with Gasteiger partial charge in [-0.1, -0.05) is 23.2 Å². The molecule has 0 aromatic heterocycles. The minimum Gasteiger partial charge on any atom is -0.379 e. The van der Waals surface area contributed by atoms with E-state index >= 15 is 0 Å². The van der Waals surface area contributed by atoms with Crippen molar-refractivity contribution >= 4 is 30.7 Å². The molecule has 0 aliphatic carbocycles. The lowest BCUT2D eigenvalue weighted by molar-refractivity contribution is -0.121. The third-order valence-corrected chi connectivity index (χ3v) is 4.20. The number of hydrogen-bond acceptors (Lipinski definition) is 7. The van der Waals surface area contributed by atoms with Gasteiger partial charge in [0.1, 0.15) is 0 Å². The Morgan fingerprint density at radius 3 is 2.58 bits per heavy atom. The van der Waals surface area contributed by atoms with Gasteiger partial charge in [-0.05, 0) is 36.1 Å². The molecular weight excluding hydrogens is 444 g/mol. The Morgan fingerprint density at radius 1 is 1.09 bits per heavy atom. The van der Waals surface area contributed by atoms with Crippen LogP contribution in [-0.4, -0.2) is 63.3 Å². The standard InChI is InChI=1S/C22H30N6O4S/c23-28-25-12-14-32-16-15-31-13-11-24-22(30)20-9-7-19(8-10-20)18-26-27-21(29)6-4-2-1-3-5-17-33/h7-10,18,33H,1-2,4,6,11-17H2,(H,24,30)(H,27,29). The number of nitrogens with zero attached hydrogens (tertiary/aromatic N) is 4. The van der Waals surface area contributed by atoms with Crippen molar-refractivity contribution in [2.75, 3.05) is 45.3 Å². The number of rotatable bonds is 16.